The van der Waals surface area contributed by atoms with Crippen LogP contribution in [0.5, 0.6) is 5.75 Å². The third kappa shape index (κ3) is 6.68. The molecule has 0 aliphatic heterocycles. The molecule has 0 saturated carbocycles. The Labute approximate surface area is 150 Å². The molecule has 0 radical (unpaired) electrons. The number of furan rings is 1. The van der Waals surface area contributed by atoms with Gasteiger partial charge >= 0.3 is 5.97 Å². The zero-order valence-electron chi connectivity index (χ0n) is 14.1. The molecule has 0 aliphatic rings. The fourth-order valence-electron chi connectivity index (χ4n) is 2.06. The van der Waals surface area contributed by atoms with E-state index < -0.39 is 5.97 Å². The van der Waals surface area contributed by atoms with Gasteiger partial charge in [-0.1, -0.05) is 0 Å². The van der Waals surface area contributed by atoms with Gasteiger partial charge in [-0.2, -0.15) is 0 Å². The summed E-state index contributed by atoms with van der Waals surface area (Å²) in [6, 6.07) is 9.91. The lowest BCUT2D eigenvalue weighted by Crippen LogP contribution is -2.27. The van der Waals surface area contributed by atoms with Crippen LogP contribution in [0.3, 0.4) is 0 Å². The number of carboxylic acids is 1. The number of carbonyl (C=O) groups is 3. The molecule has 0 spiro atoms. The average Bonchev–Trinajstić information content (AvgIpc) is 3.14. The predicted octanol–water partition coefficient (Wildman–Crippen LogP) is 2.28. The van der Waals surface area contributed by atoms with Crippen molar-refractivity contribution in [3.05, 3.63) is 48.4 Å². The first-order valence-electron chi connectivity index (χ1n) is 8.11. The number of hydrogen-bond donors (Lipinski definition) is 3. The number of nitrogens with one attached hydrogen (secondary N) is 2. The highest BCUT2D eigenvalue weighted by molar-refractivity contribution is 5.93. The van der Waals surface area contributed by atoms with E-state index in [1.165, 1.54) is 6.26 Å². The van der Waals surface area contributed by atoms with Gasteiger partial charge in [0.05, 0.1) is 12.9 Å². The van der Waals surface area contributed by atoms with Crippen molar-refractivity contribution in [2.24, 2.45) is 0 Å². The van der Waals surface area contributed by atoms with E-state index in [-0.39, 0.29) is 37.0 Å². The van der Waals surface area contributed by atoms with Crippen LogP contribution in [0.4, 0.5) is 5.69 Å². The first kappa shape index (κ1) is 19.0. The Morgan fingerprint density at radius 3 is 2.50 bits per heavy atom. The summed E-state index contributed by atoms with van der Waals surface area (Å²) in [6.07, 6.45) is 2.02. The number of carboxylic acid groups (broad SMARTS) is 1. The number of amides is 2. The molecule has 3 N–H and O–H groups in total. The Kier molecular flexibility index (Phi) is 7.23. The Hall–Kier alpha value is -3.29. The maximum atomic E-state index is 11.9. The third-order valence-corrected chi connectivity index (χ3v) is 3.32. The summed E-state index contributed by atoms with van der Waals surface area (Å²) in [5.41, 5.74) is 0.602. The van der Waals surface area contributed by atoms with Crippen LogP contribution in [0, 0.1) is 0 Å². The van der Waals surface area contributed by atoms with Crippen molar-refractivity contribution >= 4 is 23.5 Å². The summed E-state index contributed by atoms with van der Waals surface area (Å²) in [7, 11) is 0. The van der Waals surface area contributed by atoms with E-state index in [1.54, 1.807) is 36.4 Å². The smallest absolute Gasteiger partial charge is 0.303 e. The zero-order chi connectivity index (χ0) is 18.8. The first-order valence-corrected chi connectivity index (χ1v) is 8.11. The van der Waals surface area contributed by atoms with Crippen LogP contribution >= 0.6 is 0 Å². The Morgan fingerprint density at radius 1 is 1.08 bits per heavy atom. The lowest BCUT2D eigenvalue weighted by molar-refractivity contribution is -0.137. The number of carbonyl (C=O) groups excluding carboxylic acids is 2. The largest absolute Gasteiger partial charge is 0.494 e. The van der Waals surface area contributed by atoms with Crippen molar-refractivity contribution < 1.29 is 28.6 Å². The second-order valence-corrected chi connectivity index (χ2v) is 5.40. The van der Waals surface area contributed by atoms with E-state index in [4.69, 9.17) is 14.3 Å². The second-order valence-electron chi connectivity index (χ2n) is 5.40. The summed E-state index contributed by atoms with van der Waals surface area (Å²) in [5.74, 6) is -0.664. The molecule has 2 rings (SSSR count). The van der Waals surface area contributed by atoms with Crippen LogP contribution in [0.15, 0.2) is 47.1 Å². The van der Waals surface area contributed by atoms with Crippen molar-refractivity contribution in [2.75, 3.05) is 18.5 Å². The molecule has 0 fully saturated rings. The van der Waals surface area contributed by atoms with Crippen LogP contribution in [0.2, 0.25) is 0 Å². The van der Waals surface area contributed by atoms with Crippen LogP contribution in [0.25, 0.3) is 0 Å². The number of rotatable bonds is 10. The van der Waals surface area contributed by atoms with E-state index in [0.29, 0.717) is 24.5 Å². The molecule has 1 aromatic heterocycles. The number of ether oxygens (including phenoxy) is 1. The highest BCUT2D eigenvalue weighted by Gasteiger charge is 2.09. The van der Waals surface area contributed by atoms with Gasteiger partial charge in [0.2, 0.25) is 5.91 Å². The maximum absolute atomic E-state index is 11.9. The molecule has 8 heteroatoms. The first-order chi connectivity index (χ1) is 12.5. The molecule has 2 aromatic rings. The van der Waals surface area contributed by atoms with Gasteiger partial charge in [-0.3, -0.25) is 14.4 Å². The number of hydrogen-bond acceptors (Lipinski definition) is 5. The van der Waals surface area contributed by atoms with Gasteiger partial charge in [0.15, 0.2) is 5.76 Å². The fourth-order valence-corrected chi connectivity index (χ4v) is 2.06. The van der Waals surface area contributed by atoms with Gasteiger partial charge in [0.25, 0.3) is 5.91 Å². The summed E-state index contributed by atoms with van der Waals surface area (Å²) in [4.78, 5) is 33.9. The molecule has 0 bridgehead atoms. The summed E-state index contributed by atoms with van der Waals surface area (Å²) >= 11 is 0. The number of benzene rings is 1. The van der Waals surface area contributed by atoms with Crippen LogP contribution < -0.4 is 15.4 Å². The Balaban J connectivity index is 1.66. The van der Waals surface area contributed by atoms with E-state index in [0.717, 1.165) is 0 Å². The van der Waals surface area contributed by atoms with Crippen LogP contribution in [0.1, 0.15) is 29.8 Å². The minimum absolute atomic E-state index is 0.0601. The number of anilines is 1. The van der Waals surface area contributed by atoms with Crippen molar-refractivity contribution in [3.63, 3.8) is 0 Å². The van der Waals surface area contributed by atoms with E-state index in [9.17, 15) is 14.4 Å². The minimum Gasteiger partial charge on any atom is -0.494 e. The number of aliphatic carboxylic acids is 1. The minimum atomic E-state index is -0.855. The topological polar surface area (TPSA) is 118 Å². The average molecular weight is 360 g/mol. The van der Waals surface area contributed by atoms with Gasteiger partial charge in [-0.15, -0.1) is 0 Å². The Morgan fingerprint density at radius 2 is 1.85 bits per heavy atom. The van der Waals surface area contributed by atoms with Crippen LogP contribution in [-0.4, -0.2) is 36.0 Å². The molecule has 0 unspecified atom stereocenters. The molecule has 0 atom stereocenters. The standard InChI is InChI=1S/C18H20N2O6/c21-16(9-10-19-18(24)15-3-1-12-26-15)20-13-5-7-14(8-6-13)25-11-2-4-17(22)23/h1,3,5-8,12H,2,4,9-11H2,(H,19,24)(H,20,21)(H,22,23). The van der Waals surface area contributed by atoms with Gasteiger partial charge in [0, 0.05) is 25.1 Å². The molecule has 1 aromatic carbocycles. The monoisotopic (exact) mass is 360 g/mol. The predicted molar refractivity (Wildman–Crippen MR) is 93.1 cm³/mol. The van der Waals surface area contributed by atoms with Crippen molar-refractivity contribution in [3.8, 4) is 5.75 Å². The molecule has 26 heavy (non-hydrogen) atoms. The summed E-state index contributed by atoms with van der Waals surface area (Å²) in [5, 5.41) is 13.9. The second kappa shape index (κ2) is 9.87. The SMILES string of the molecule is O=C(O)CCCOc1ccc(NC(=O)CCNC(=O)c2ccco2)cc1. The molecular weight excluding hydrogens is 340 g/mol. The van der Waals surface area contributed by atoms with E-state index in [1.807, 2.05) is 0 Å². The summed E-state index contributed by atoms with van der Waals surface area (Å²) in [6.45, 7) is 0.503. The molecule has 1 heterocycles. The highest BCUT2D eigenvalue weighted by atomic mass is 16.5. The quantitative estimate of drug-likeness (QED) is 0.560. The summed E-state index contributed by atoms with van der Waals surface area (Å²) < 4.78 is 10.4. The van der Waals surface area contributed by atoms with Crippen molar-refractivity contribution in [1.82, 2.24) is 5.32 Å². The van der Waals surface area contributed by atoms with E-state index >= 15 is 0 Å². The molecule has 2 amide bonds. The van der Waals surface area contributed by atoms with Gasteiger partial charge in [-0.05, 0) is 42.8 Å². The van der Waals surface area contributed by atoms with Crippen molar-refractivity contribution in [2.45, 2.75) is 19.3 Å². The fraction of sp³-hybridized carbons (Fsp3) is 0.278. The normalized spacial score (nSPS) is 10.2. The lowest BCUT2D eigenvalue weighted by Gasteiger charge is -2.08. The zero-order valence-corrected chi connectivity index (χ0v) is 14.1. The molecule has 138 valence electrons. The third-order valence-electron chi connectivity index (χ3n) is 3.32. The highest BCUT2D eigenvalue weighted by Crippen LogP contribution is 2.16. The molecule has 8 nitrogen and oxygen atoms in total. The van der Waals surface area contributed by atoms with Gasteiger partial charge in [0.1, 0.15) is 5.75 Å². The van der Waals surface area contributed by atoms with Gasteiger partial charge < -0.3 is 24.9 Å². The molecular formula is C18H20N2O6. The van der Waals surface area contributed by atoms with Gasteiger partial charge in [-0.25, -0.2) is 0 Å². The van der Waals surface area contributed by atoms with Crippen molar-refractivity contribution in [1.29, 1.82) is 0 Å². The molecule has 0 saturated heterocycles. The maximum Gasteiger partial charge on any atom is 0.303 e. The Bertz CT molecular complexity index is 725. The lowest BCUT2D eigenvalue weighted by atomic mass is 10.3. The van der Waals surface area contributed by atoms with Crippen LogP contribution in [-0.2, 0) is 9.59 Å². The molecule has 0 aliphatic carbocycles. The van der Waals surface area contributed by atoms with E-state index in [2.05, 4.69) is 10.6 Å².